The molecule has 1 aliphatic rings. The lowest BCUT2D eigenvalue weighted by Gasteiger charge is -2.18. The van der Waals surface area contributed by atoms with Crippen molar-refractivity contribution in [2.75, 3.05) is 6.54 Å². The first kappa shape index (κ1) is 18.8. The summed E-state index contributed by atoms with van der Waals surface area (Å²) in [6, 6.07) is 9.37. The van der Waals surface area contributed by atoms with E-state index < -0.39 is 39.0 Å². The van der Waals surface area contributed by atoms with E-state index in [0.29, 0.717) is 6.29 Å². The molecule has 0 fully saturated rings. The Morgan fingerprint density at radius 3 is 2.07 bits per heavy atom. The van der Waals surface area contributed by atoms with Gasteiger partial charge >= 0.3 is 0 Å². The summed E-state index contributed by atoms with van der Waals surface area (Å²) < 4.78 is 0. The molecular formula is C18H13N3O7. The molecule has 1 aliphatic heterocycles. The van der Waals surface area contributed by atoms with Crippen LogP contribution in [-0.4, -0.2) is 39.4 Å². The summed E-state index contributed by atoms with van der Waals surface area (Å²) in [6.07, 6.45) is 0.361. The number of benzene rings is 2. The van der Waals surface area contributed by atoms with Gasteiger partial charge in [-0.15, -0.1) is 0 Å². The monoisotopic (exact) mass is 383 g/mol. The topological polar surface area (TPSA) is 141 Å². The van der Waals surface area contributed by atoms with E-state index in [1.807, 2.05) is 0 Å². The van der Waals surface area contributed by atoms with E-state index in [1.54, 1.807) is 12.1 Å². The molecule has 0 radical (unpaired) electrons. The number of imide groups is 1. The van der Waals surface area contributed by atoms with Crippen LogP contribution in [0, 0.1) is 26.1 Å². The van der Waals surface area contributed by atoms with E-state index in [9.17, 15) is 34.6 Å². The summed E-state index contributed by atoms with van der Waals surface area (Å²) in [5.74, 6) is -1.97. The lowest BCUT2D eigenvalue weighted by molar-refractivity contribution is -0.394. The smallest absolute Gasteiger partial charge is 0.279 e. The molecule has 0 spiro atoms. The lowest BCUT2D eigenvalue weighted by Crippen LogP contribution is -2.35. The third kappa shape index (κ3) is 3.34. The maximum Gasteiger partial charge on any atom is 0.279 e. The SMILES string of the molecule is O=C[C@@H](Cc1ccc([N+](=O)[O-])cc1[N+](=O)[O-])CN1C(=O)c2ccccc2C1=O. The van der Waals surface area contributed by atoms with Gasteiger partial charge in [0.05, 0.1) is 27.0 Å². The van der Waals surface area contributed by atoms with Gasteiger partial charge in [-0.05, 0) is 24.6 Å². The number of nitrogens with zero attached hydrogens (tertiary/aromatic N) is 3. The van der Waals surface area contributed by atoms with E-state index in [2.05, 4.69) is 0 Å². The highest BCUT2D eigenvalue weighted by molar-refractivity contribution is 6.21. The Morgan fingerprint density at radius 1 is 0.964 bits per heavy atom. The number of fused-ring (bicyclic) bond motifs is 1. The van der Waals surface area contributed by atoms with E-state index in [4.69, 9.17) is 0 Å². The van der Waals surface area contributed by atoms with Gasteiger partial charge < -0.3 is 4.79 Å². The van der Waals surface area contributed by atoms with Gasteiger partial charge in [-0.25, -0.2) is 0 Å². The van der Waals surface area contributed by atoms with E-state index in [1.165, 1.54) is 18.2 Å². The maximum absolute atomic E-state index is 12.4. The maximum atomic E-state index is 12.4. The minimum Gasteiger partial charge on any atom is -0.303 e. The molecule has 0 aromatic heterocycles. The second-order valence-electron chi connectivity index (χ2n) is 6.19. The van der Waals surface area contributed by atoms with Gasteiger partial charge in [-0.1, -0.05) is 12.1 Å². The average Bonchev–Trinajstić information content (AvgIpc) is 2.92. The van der Waals surface area contributed by atoms with Crippen LogP contribution in [0.15, 0.2) is 42.5 Å². The molecule has 0 N–H and O–H groups in total. The number of rotatable bonds is 7. The molecule has 0 bridgehead atoms. The molecule has 0 saturated heterocycles. The number of hydrogen-bond donors (Lipinski definition) is 0. The molecule has 0 unspecified atom stereocenters. The predicted octanol–water partition coefficient (Wildman–Crippen LogP) is 2.16. The molecule has 142 valence electrons. The molecule has 1 atom stereocenters. The van der Waals surface area contributed by atoms with Gasteiger partial charge in [0.25, 0.3) is 23.2 Å². The average molecular weight is 383 g/mol. The fraction of sp³-hybridized carbons (Fsp3) is 0.167. The van der Waals surface area contributed by atoms with Gasteiger partial charge in [0.15, 0.2) is 0 Å². The largest absolute Gasteiger partial charge is 0.303 e. The van der Waals surface area contributed by atoms with Crippen molar-refractivity contribution in [3.63, 3.8) is 0 Å². The normalized spacial score (nSPS) is 13.9. The van der Waals surface area contributed by atoms with Crippen LogP contribution in [0.3, 0.4) is 0 Å². The summed E-state index contributed by atoms with van der Waals surface area (Å²) >= 11 is 0. The molecule has 0 saturated carbocycles. The Kier molecular flexibility index (Phi) is 4.94. The van der Waals surface area contributed by atoms with Crippen LogP contribution in [0.2, 0.25) is 0 Å². The quantitative estimate of drug-likeness (QED) is 0.309. The Balaban J connectivity index is 1.84. The van der Waals surface area contributed by atoms with Crippen molar-refractivity contribution in [3.05, 3.63) is 79.4 Å². The van der Waals surface area contributed by atoms with Gasteiger partial charge in [0.2, 0.25) is 0 Å². The molecule has 10 nitrogen and oxygen atoms in total. The second kappa shape index (κ2) is 7.35. The van der Waals surface area contributed by atoms with Gasteiger partial charge in [0, 0.05) is 24.1 Å². The van der Waals surface area contributed by atoms with Crippen molar-refractivity contribution in [3.8, 4) is 0 Å². The molecular weight excluding hydrogens is 370 g/mol. The first-order valence-electron chi connectivity index (χ1n) is 8.15. The summed E-state index contributed by atoms with van der Waals surface area (Å²) in [4.78, 5) is 57.8. The number of carbonyl (C=O) groups excluding carboxylic acids is 3. The Hall–Kier alpha value is -3.95. The lowest BCUT2D eigenvalue weighted by atomic mass is 9.98. The van der Waals surface area contributed by atoms with Crippen LogP contribution in [0.1, 0.15) is 26.3 Å². The fourth-order valence-corrected chi connectivity index (χ4v) is 3.09. The molecule has 2 amide bonds. The predicted molar refractivity (Wildman–Crippen MR) is 94.8 cm³/mol. The van der Waals surface area contributed by atoms with Crippen molar-refractivity contribution in [1.82, 2.24) is 4.90 Å². The minimum absolute atomic E-state index is 0.101. The van der Waals surface area contributed by atoms with E-state index in [0.717, 1.165) is 17.0 Å². The Morgan fingerprint density at radius 2 is 1.57 bits per heavy atom. The highest BCUT2D eigenvalue weighted by Crippen LogP contribution is 2.28. The summed E-state index contributed by atoms with van der Waals surface area (Å²) in [6.45, 7) is -0.246. The van der Waals surface area contributed by atoms with E-state index >= 15 is 0 Å². The van der Waals surface area contributed by atoms with Crippen LogP contribution in [0.25, 0.3) is 0 Å². The number of carbonyl (C=O) groups is 3. The zero-order chi connectivity index (χ0) is 20.4. The summed E-state index contributed by atoms with van der Waals surface area (Å²) in [5.41, 5.74) is -0.372. The van der Waals surface area contributed by atoms with Crippen LogP contribution < -0.4 is 0 Å². The molecule has 0 aliphatic carbocycles. The molecule has 28 heavy (non-hydrogen) atoms. The van der Waals surface area contributed by atoms with Crippen molar-refractivity contribution < 1.29 is 24.2 Å². The van der Waals surface area contributed by atoms with Crippen molar-refractivity contribution >= 4 is 29.5 Å². The van der Waals surface area contributed by atoms with E-state index in [-0.39, 0.29) is 29.7 Å². The second-order valence-corrected chi connectivity index (χ2v) is 6.19. The Labute approximate surface area is 157 Å². The zero-order valence-corrected chi connectivity index (χ0v) is 14.3. The molecule has 2 aromatic rings. The number of hydrogen-bond acceptors (Lipinski definition) is 7. The third-order valence-electron chi connectivity index (χ3n) is 4.45. The number of nitro benzene ring substituents is 2. The van der Waals surface area contributed by atoms with Gasteiger partial charge in [0.1, 0.15) is 6.29 Å². The molecule has 3 rings (SSSR count). The standard InChI is InChI=1S/C18H13N3O7/c22-10-11(7-12-5-6-13(20(25)26)8-16(12)21(27)28)9-19-17(23)14-3-1-2-4-15(14)18(19)24/h1-6,8,10-11H,7,9H2/t11-/m0/s1. The molecule has 10 heteroatoms. The molecule has 2 aromatic carbocycles. The van der Waals surface area contributed by atoms with Gasteiger partial charge in [-0.3, -0.25) is 34.7 Å². The number of amides is 2. The number of nitro groups is 2. The minimum atomic E-state index is -0.901. The summed E-state index contributed by atoms with van der Waals surface area (Å²) in [5, 5.41) is 22.1. The van der Waals surface area contributed by atoms with Gasteiger partial charge in [-0.2, -0.15) is 0 Å². The first-order valence-corrected chi connectivity index (χ1v) is 8.15. The van der Waals surface area contributed by atoms with Crippen molar-refractivity contribution in [2.24, 2.45) is 5.92 Å². The highest BCUT2D eigenvalue weighted by Gasteiger charge is 2.36. The van der Waals surface area contributed by atoms with Crippen LogP contribution in [0.5, 0.6) is 0 Å². The number of non-ortho nitro benzene ring substituents is 1. The van der Waals surface area contributed by atoms with Crippen molar-refractivity contribution in [2.45, 2.75) is 6.42 Å². The van der Waals surface area contributed by atoms with Crippen molar-refractivity contribution in [1.29, 1.82) is 0 Å². The Bertz CT molecular complexity index is 983. The summed E-state index contributed by atoms with van der Waals surface area (Å²) in [7, 11) is 0. The highest BCUT2D eigenvalue weighted by atomic mass is 16.6. The zero-order valence-electron chi connectivity index (χ0n) is 14.3. The fourth-order valence-electron chi connectivity index (χ4n) is 3.09. The third-order valence-corrected chi connectivity index (χ3v) is 4.45. The first-order chi connectivity index (χ1) is 13.3. The van der Waals surface area contributed by atoms with Crippen LogP contribution in [0.4, 0.5) is 11.4 Å². The number of aldehydes is 1. The molecule has 1 heterocycles. The van der Waals surface area contributed by atoms with Crippen LogP contribution >= 0.6 is 0 Å². The van der Waals surface area contributed by atoms with Crippen LogP contribution in [-0.2, 0) is 11.2 Å².